The average molecular weight is 256 g/mol. The summed E-state index contributed by atoms with van der Waals surface area (Å²) in [6, 6.07) is 6.21. The number of benzene rings is 1. The molecule has 1 atom stereocenters. The summed E-state index contributed by atoms with van der Waals surface area (Å²) in [5.41, 5.74) is 1.10. The monoisotopic (exact) mass is 255 g/mol. The van der Waals surface area contributed by atoms with Gasteiger partial charge in [-0.1, -0.05) is 47.8 Å². The van der Waals surface area contributed by atoms with Crippen LogP contribution in [0.15, 0.2) is 24.3 Å². The van der Waals surface area contributed by atoms with Crippen molar-refractivity contribution in [3.8, 4) is 0 Å². The van der Waals surface area contributed by atoms with Gasteiger partial charge in [0.2, 0.25) is 0 Å². The Morgan fingerprint density at radius 1 is 1.19 bits per heavy atom. The standard InChI is InChI=1S/C13H15Cl2N/c14-12-7-5-10(9-13(12)15)4-6-11-3-1-2-8-16-11/h4-7,9,11,16H,1-3,8H2/b6-4+. The molecule has 0 saturated carbocycles. The summed E-state index contributed by atoms with van der Waals surface area (Å²) in [7, 11) is 0. The number of hydrogen-bond donors (Lipinski definition) is 1. The van der Waals surface area contributed by atoms with E-state index in [-0.39, 0.29) is 0 Å². The molecule has 86 valence electrons. The maximum atomic E-state index is 5.95. The Bertz CT molecular complexity index is 382. The van der Waals surface area contributed by atoms with E-state index in [1.165, 1.54) is 19.3 Å². The fourth-order valence-corrected chi connectivity index (χ4v) is 2.19. The van der Waals surface area contributed by atoms with E-state index < -0.39 is 0 Å². The molecule has 2 rings (SSSR count). The molecule has 0 aromatic heterocycles. The van der Waals surface area contributed by atoms with Crippen molar-refractivity contribution in [3.63, 3.8) is 0 Å². The molecule has 1 aromatic carbocycles. The number of halogens is 2. The van der Waals surface area contributed by atoms with Gasteiger partial charge in [-0.15, -0.1) is 0 Å². The lowest BCUT2D eigenvalue weighted by Crippen LogP contribution is -2.31. The fraction of sp³-hybridized carbons (Fsp3) is 0.385. The van der Waals surface area contributed by atoms with Crippen molar-refractivity contribution in [2.45, 2.75) is 25.3 Å². The van der Waals surface area contributed by atoms with Crippen LogP contribution in [-0.4, -0.2) is 12.6 Å². The number of rotatable bonds is 2. The molecule has 16 heavy (non-hydrogen) atoms. The van der Waals surface area contributed by atoms with Gasteiger partial charge in [0.05, 0.1) is 10.0 Å². The molecule has 0 aliphatic carbocycles. The highest BCUT2D eigenvalue weighted by Crippen LogP contribution is 2.23. The van der Waals surface area contributed by atoms with Gasteiger partial charge >= 0.3 is 0 Å². The highest BCUT2D eigenvalue weighted by atomic mass is 35.5. The van der Waals surface area contributed by atoms with E-state index in [1.807, 2.05) is 18.2 Å². The van der Waals surface area contributed by atoms with Crippen LogP contribution in [0.25, 0.3) is 6.08 Å². The SMILES string of the molecule is Clc1ccc(/C=C/C2CCCCN2)cc1Cl. The van der Waals surface area contributed by atoms with Crippen LogP contribution >= 0.6 is 23.2 Å². The molecule has 3 heteroatoms. The molecule has 0 spiro atoms. The van der Waals surface area contributed by atoms with Gasteiger partial charge in [0.25, 0.3) is 0 Å². The molecular formula is C13H15Cl2N. The summed E-state index contributed by atoms with van der Waals surface area (Å²) in [6.45, 7) is 1.12. The van der Waals surface area contributed by atoms with Gasteiger partial charge in [-0.25, -0.2) is 0 Å². The Morgan fingerprint density at radius 2 is 2.06 bits per heavy atom. The lowest BCUT2D eigenvalue weighted by Gasteiger charge is -2.20. The molecule has 0 bridgehead atoms. The Kier molecular flexibility index (Phi) is 4.28. The van der Waals surface area contributed by atoms with Crippen molar-refractivity contribution in [1.29, 1.82) is 0 Å². The quantitative estimate of drug-likeness (QED) is 0.838. The van der Waals surface area contributed by atoms with Crippen molar-refractivity contribution in [3.05, 3.63) is 39.9 Å². The molecule has 1 aromatic rings. The minimum Gasteiger partial charge on any atom is -0.311 e. The zero-order chi connectivity index (χ0) is 11.4. The summed E-state index contributed by atoms with van der Waals surface area (Å²) >= 11 is 11.8. The maximum absolute atomic E-state index is 5.95. The second-order valence-corrected chi connectivity index (χ2v) is 4.90. The van der Waals surface area contributed by atoms with Crippen LogP contribution in [0.5, 0.6) is 0 Å². The first-order valence-electron chi connectivity index (χ1n) is 5.62. The molecule has 1 aliphatic rings. The van der Waals surface area contributed by atoms with Gasteiger partial charge in [-0.3, -0.25) is 0 Å². The Morgan fingerprint density at radius 3 is 2.75 bits per heavy atom. The van der Waals surface area contributed by atoms with Gasteiger partial charge in [-0.2, -0.15) is 0 Å². The van der Waals surface area contributed by atoms with E-state index in [9.17, 15) is 0 Å². The maximum Gasteiger partial charge on any atom is 0.0598 e. The third-order valence-electron chi connectivity index (χ3n) is 2.81. The molecule has 1 aliphatic heterocycles. The summed E-state index contributed by atoms with van der Waals surface area (Å²) < 4.78 is 0. The molecular weight excluding hydrogens is 241 g/mol. The second kappa shape index (κ2) is 5.72. The van der Waals surface area contributed by atoms with E-state index in [1.54, 1.807) is 0 Å². The third-order valence-corrected chi connectivity index (χ3v) is 3.55. The largest absolute Gasteiger partial charge is 0.311 e. The van der Waals surface area contributed by atoms with Gasteiger partial charge in [0.1, 0.15) is 0 Å². The predicted octanol–water partition coefficient (Wildman–Crippen LogP) is 4.15. The van der Waals surface area contributed by atoms with Gasteiger partial charge < -0.3 is 5.32 Å². The van der Waals surface area contributed by atoms with Crippen LogP contribution in [0.1, 0.15) is 24.8 Å². The van der Waals surface area contributed by atoms with Crippen LogP contribution < -0.4 is 5.32 Å². The van der Waals surface area contributed by atoms with Crippen LogP contribution in [0, 0.1) is 0 Å². The number of hydrogen-bond acceptors (Lipinski definition) is 1. The van der Waals surface area contributed by atoms with Crippen molar-refractivity contribution in [1.82, 2.24) is 5.32 Å². The third kappa shape index (κ3) is 3.24. The Labute approximate surface area is 106 Å². The lowest BCUT2D eigenvalue weighted by atomic mass is 10.0. The highest BCUT2D eigenvalue weighted by molar-refractivity contribution is 6.42. The topological polar surface area (TPSA) is 12.0 Å². The summed E-state index contributed by atoms with van der Waals surface area (Å²) in [4.78, 5) is 0. The summed E-state index contributed by atoms with van der Waals surface area (Å²) in [5, 5.41) is 4.69. The lowest BCUT2D eigenvalue weighted by molar-refractivity contribution is 0.455. The van der Waals surface area contributed by atoms with E-state index in [2.05, 4.69) is 17.5 Å². The first-order valence-corrected chi connectivity index (χ1v) is 6.38. The van der Waals surface area contributed by atoms with Gasteiger partial charge in [0, 0.05) is 6.04 Å². The summed E-state index contributed by atoms with van der Waals surface area (Å²) in [5.74, 6) is 0. The number of nitrogens with one attached hydrogen (secondary N) is 1. The van der Waals surface area contributed by atoms with Crippen molar-refractivity contribution < 1.29 is 0 Å². The molecule has 1 unspecified atom stereocenters. The van der Waals surface area contributed by atoms with Crippen LogP contribution in [0.4, 0.5) is 0 Å². The van der Waals surface area contributed by atoms with E-state index in [4.69, 9.17) is 23.2 Å². The normalized spacial score (nSPS) is 21.5. The highest BCUT2D eigenvalue weighted by Gasteiger charge is 2.08. The van der Waals surface area contributed by atoms with Crippen LogP contribution in [0.3, 0.4) is 0 Å². The van der Waals surface area contributed by atoms with E-state index in [0.717, 1.165) is 12.1 Å². The molecule has 1 heterocycles. The van der Waals surface area contributed by atoms with E-state index >= 15 is 0 Å². The Hall–Kier alpha value is -0.500. The van der Waals surface area contributed by atoms with Gasteiger partial charge in [0.15, 0.2) is 0 Å². The fourth-order valence-electron chi connectivity index (χ4n) is 1.89. The first-order chi connectivity index (χ1) is 7.75. The Balaban J connectivity index is 2.02. The average Bonchev–Trinajstić information content (AvgIpc) is 2.32. The summed E-state index contributed by atoms with van der Waals surface area (Å²) in [6.07, 6.45) is 8.13. The molecule has 1 fully saturated rings. The molecule has 1 saturated heterocycles. The zero-order valence-corrected chi connectivity index (χ0v) is 10.6. The predicted molar refractivity (Wildman–Crippen MR) is 71.1 cm³/mol. The smallest absolute Gasteiger partial charge is 0.0598 e. The molecule has 0 amide bonds. The number of piperidine rings is 1. The molecule has 0 radical (unpaired) electrons. The van der Waals surface area contributed by atoms with E-state index in [0.29, 0.717) is 16.1 Å². The molecule has 1 N–H and O–H groups in total. The van der Waals surface area contributed by atoms with Crippen molar-refractivity contribution >= 4 is 29.3 Å². The first kappa shape index (κ1) is 12.0. The second-order valence-electron chi connectivity index (χ2n) is 4.09. The zero-order valence-electron chi connectivity index (χ0n) is 9.05. The minimum atomic E-state index is 0.503. The minimum absolute atomic E-state index is 0.503. The molecule has 1 nitrogen and oxygen atoms in total. The van der Waals surface area contributed by atoms with Crippen molar-refractivity contribution in [2.24, 2.45) is 0 Å². The van der Waals surface area contributed by atoms with Crippen LogP contribution in [-0.2, 0) is 0 Å². The van der Waals surface area contributed by atoms with Gasteiger partial charge in [-0.05, 0) is 37.1 Å². The van der Waals surface area contributed by atoms with Crippen LogP contribution in [0.2, 0.25) is 10.0 Å². The van der Waals surface area contributed by atoms with Crippen molar-refractivity contribution in [2.75, 3.05) is 6.54 Å².